The monoisotopic (exact) mass is 212 g/mol. The highest BCUT2D eigenvalue weighted by molar-refractivity contribution is 6.85. The van der Waals surface area contributed by atoms with Gasteiger partial charge in [0, 0.05) is 0 Å². The molecule has 0 amide bonds. The summed E-state index contributed by atoms with van der Waals surface area (Å²) >= 11 is 0. The molecular weight excluding hydrogens is 198 g/mol. The number of hydrogen-bond donors (Lipinski definition) is 1. The summed E-state index contributed by atoms with van der Waals surface area (Å²) < 4.78 is 0. The van der Waals surface area contributed by atoms with Crippen LogP contribution in [0.15, 0.2) is 60.7 Å². The summed E-state index contributed by atoms with van der Waals surface area (Å²) in [5.74, 6) is 0. The molecule has 1 nitrogen and oxygen atoms in total. The Morgan fingerprint density at radius 2 is 1.13 bits per heavy atom. The summed E-state index contributed by atoms with van der Waals surface area (Å²) in [6.07, 6.45) is 0.749. The lowest BCUT2D eigenvalue weighted by molar-refractivity contribution is 1.35. The molecule has 2 rings (SSSR count). The van der Waals surface area contributed by atoms with E-state index in [1.54, 1.807) is 0 Å². The summed E-state index contributed by atoms with van der Waals surface area (Å²) in [4.78, 5) is 0. The van der Waals surface area contributed by atoms with Crippen molar-refractivity contribution in [3.63, 3.8) is 0 Å². The molecule has 0 bridgehead atoms. The zero-order chi connectivity index (χ0) is 10.5. The van der Waals surface area contributed by atoms with E-state index in [4.69, 9.17) is 5.73 Å². The van der Waals surface area contributed by atoms with Crippen LogP contribution in [-0.2, 0) is 0 Å². The van der Waals surface area contributed by atoms with E-state index in [9.17, 15) is 0 Å². The van der Waals surface area contributed by atoms with Crippen molar-refractivity contribution >= 4 is 19.2 Å². The van der Waals surface area contributed by atoms with Gasteiger partial charge >= 0.3 is 0 Å². The standard InChI is InChI=1S/C13H14NSi/c14-11-15(12-7-3-1-4-8-12)13-9-5-2-6-10-13/h1-10H,11,14H2. The molecule has 0 aliphatic rings. The summed E-state index contributed by atoms with van der Waals surface area (Å²) in [5, 5.41) is 2.77. The zero-order valence-electron chi connectivity index (χ0n) is 8.56. The molecule has 0 spiro atoms. The van der Waals surface area contributed by atoms with E-state index in [0.717, 1.165) is 6.17 Å². The second-order valence-electron chi connectivity index (χ2n) is 3.41. The van der Waals surface area contributed by atoms with Gasteiger partial charge in [-0.15, -0.1) is 0 Å². The Hall–Kier alpha value is -1.38. The van der Waals surface area contributed by atoms with Crippen molar-refractivity contribution in [1.82, 2.24) is 0 Å². The Labute approximate surface area is 92.2 Å². The van der Waals surface area contributed by atoms with Crippen molar-refractivity contribution in [2.75, 3.05) is 6.17 Å². The van der Waals surface area contributed by atoms with Gasteiger partial charge in [-0.2, -0.15) is 0 Å². The second-order valence-corrected chi connectivity index (χ2v) is 5.93. The minimum absolute atomic E-state index is 0.749. The van der Waals surface area contributed by atoms with Gasteiger partial charge in [0.2, 0.25) is 0 Å². The molecule has 2 N–H and O–H groups in total. The predicted octanol–water partition coefficient (Wildman–Crippen LogP) is 0.793. The Balaban J connectivity index is 2.34. The lowest BCUT2D eigenvalue weighted by Gasteiger charge is -2.12. The van der Waals surface area contributed by atoms with E-state index in [0.29, 0.717) is 0 Å². The quantitative estimate of drug-likeness (QED) is 0.748. The SMILES string of the molecule is NC[Si](c1ccccc1)c1ccccc1. The third-order valence-electron chi connectivity index (χ3n) is 2.45. The van der Waals surface area contributed by atoms with Gasteiger partial charge in [-0.1, -0.05) is 71.0 Å². The van der Waals surface area contributed by atoms with E-state index < -0.39 is 8.80 Å². The van der Waals surface area contributed by atoms with Crippen molar-refractivity contribution in [1.29, 1.82) is 0 Å². The van der Waals surface area contributed by atoms with Crippen LogP contribution in [0.4, 0.5) is 0 Å². The first-order valence-electron chi connectivity index (χ1n) is 5.08. The first-order valence-corrected chi connectivity index (χ1v) is 6.79. The molecule has 0 heterocycles. The fourth-order valence-electron chi connectivity index (χ4n) is 1.68. The van der Waals surface area contributed by atoms with Crippen LogP contribution in [-0.4, -0.2) is 15.0 Å². The van der Waals surface area contributed by atoms with E-state index in [-0.39, 0.29) is 0 Å². The second kappa shape index (κ2) is 4.91. The van der Waals surface area contributed by atoms with Crippen molar-refractivity contribution < 1.29 is 0 Å². The van der Waals surface area contributed by atoms with Gasteiger partial charge < -0.3 is 5.73 Å². The normalized spacial score (nSPS) is 10.5. The molecule has 2 aromatic rings. The molecule has 0 unspecified atom stereocenters. The third kappa shape index (κ3) is 2.35. The molecule has 15 heavy (non-hydrogen) atoms. The minimum atomic E-state index is -0.761. The number of benzene rings is 2. The highest BCUT2D eigenvalue weighted by atomic mass is 28.3. The van der Waals surface area contributed by atoms with Crippen LogP contribution in [0.3, 0.4) is 0 Å². The van der Waals surface area contributed by atoms with Crippen molar-refractivity contribution in [3.05, 3.63) is 60.7 Å². The predicted molar refractivity (Wildman–Crippen MR) is 67.0 cm³/mol. The molecule has 2 heteroatoms. The molecule has 0 fully saturated rings. The Morgan fingerprint density at radius 1 is 0.733 bits per heavy atom. The summed E-state index contributed by atoms with van der Waals surface area (Å²) in [7, 11) is -0.761. The summed E-state index contributed by atoms with van der Waals surface area (Å²) in [5.41, 5.74) is 5.88. The van der Waals surface area contributed by atoms with Crippen LogP contribution >= 0.6 is 0 Å². The smallest absolute Gasteiger partial charge is 0.135 e. The van der Waals surface area contributed by atoms with Gasteiger partial charge in [-0.05, 0) is 6.17 Å². The molecule has 0 aliphatic carbocycles. The fourth-order valence-corrected chi connectivity index (χ4v) is 3.68. The molecule has 1 radical (unpaired) electrons. The molecule has 75 valence electrons. The maximum atomic E-state index is 5.88. The van der Waals surface area contributed by atoms with E-state index >= 15 is 0 Å². The number of hydrogen-bond acceptors (Lipinski definition) is 1. The lowest BCUT2D eigenvalue weighted by atomic mass is 10.4. The van der Waals surface area contributed by atoms with Crippen LogP contribution in [0.5, 0.6) is 0 Å². The first kappa shape index (κ1) is 10.1. The van der Waals surface area contributed by atoms with Crippen molar-refractivity contribution in [3.8, 4) is 0 Å². The van der Waals surface area contributed by atoms with Gasteiger partial charge in [0.1, 0.15) is 8.80 Å². The zero-order valence-corrected chi connectivity index (χ0v) is 9.56. The Kier molecular flexibility index (Phi) is 3.32. The number of rotatable bonds is 3. The van der Waals surface area contributed by atoms with Gasteiger partial charge in [-0.3, -0.25) is 0 Å². The molecule has 0 saturated heterocycles. The van der Waals surface area contributed by atoms with Crippen LogP contribution in [0.2, 0.25) is 0 Å². The van der Waals surface area contributed by atoms with Gasteiger partial charge in [0.25, 0.3) is 0 Å². The maximum Gasteiger partial charge on any atom is 0.135 e. The average Bonchev–Trinajstić information content (AvgIpc) is 2.33. The average molecular weight is 212 g/mol. The van der Waals surface area contributed by atoms with Crippen LogP contribution in [0.25, 0.3) is 0 Å². The Bertz CT molecular complexity index is 360. The summed E-state index contributed by atoms with van der Waals surface area (Å²) in [6, 6.07) is 21.1. The minimum Gasteiger partial charge on any atom is -0.332 e. The van der Waals surface area contributed by atoms with Crippen LogP contribution in [0.1, 0.15) is 0 Å². The number of nitrogens with two attached hydrogens (primary N) is 1. The van der Waals surface area contributed by atoms with E-state index in [1.807, 2.05) is 12.1 Å². The molecule has 0 atom stereocenters. The molecule has 0 saturated carbocycles. The molecule has 0 aromatic heterocycles. The van der Waals surface area contributed by atoms with Crippen molar-refractivity contribution in [2.24, 2.45) is 5.73 Å². The fraction of sp³-hybridized carbons (Fsp3) is 0.0769. The molecule has 0 aliphatic heterocycles. The molecular formula is C13H14NSi. The highest BCUT2D eigenvalue weighted by Gasteiger charge is 2.13. The largest absolute Gasteiger partial charge is 0.332 e. The van der Waals surface area contributed by atoms with Crippen molar-refractivity contribution in [2.45, 2.75) is 0 Å². The van der Waals surface area contributed by atoms with E-state index in [2.05, 4.69) is 48.5 Å². The topological polar surface area (TPSA) is 26.0 Å². The lowest BCUT2D eigenvalue weighted by Crippen LogP contribution is -2.48. The van der Waals surface area contributed by atoms with Crippen LogP contribution < -0.4 is 16.1 Å². The van der Waals surface area contributed by atoms with Gasteiger partial charge in [0.05, 0.1) is 0 Å². The van der Waals surface area contributed by atoms with Crippen LogP contribution in [0, 0.1) is 0 Å². The Morgan fingerprint density at radius 3 is 1.47 bits per heavy atom. The third-order valence-corrected chi connectivity index (χ3v) is 4.92. The van der Waals surface area contributed by atoms with E-state index in [1.165, 1.54) is 10.4 Å². The first-order chi connectivity index (χ1) is 7.42. The van der Waals surface area contributed by atoms with Gasteiger partial charge in [0.15, 0.2) is 0 Å². The summed E-state index contributed by atoms with van der Waals surface area (Å²) in [6.45, 7) is 0. The highest BCUT2D eigenvalue weighted by Crippen LogP contribution is 1.91. The molecule has 2 aromatic carbocycles. The van der Waals surface area contributed by atoms with Gasteiger partial charge in [-0.25, -0.2) is 0 Å². The maximum absolute atomic E-state index is 5.88.